The third-order valence-corrected chi connectivity index (χ3v) is 7.54. The van der Waals surface area contributed by atoms with Gasteiger partial charge in [-0.05, 0) is 60.7 Å². The lowest BCUT2D eigenvalue weighted by atomic mass is 10.1. The summed E-state index contributed by atoms with van der Waals surface area (Å²) in [7, 11) is -0.449. The summed E-state index contributed by atoms with van der Waals surface area (Å²) >= 11 is 0. The van der Waals surface area contributed by atoms with Crippen molar-refractivity contribution >= 4 is 39.1 Å². The number of amides is 1. The van der Waals surface area contributed by atoms with Gasteiger partial charge in [-0.2, -0.15) is 8.42 Å². The Bertz CT molecular complexity index is 1470. The number of amidine groups is 1. The summed E-state index contributed by atoms with van der Waals surface area (Å²) in [4.78, 5) is 28.7. The van der Waals surface area contributed by atoms with Crippen LogP contribution in [-0.4, -0.2) is 46.8 Å². The van der Waals surface area contributed by atoms with E-state index >= 15 is 0 Å². The summed E-state index contributed by atoms with van der Waals surface area (Å²) in [6.07, 6.45) is 0.0688. The number of anilines is 2. The molecule has 0 bridgehead atoms. The maximum Gasteiger partial charge on any atom is 0.316 e. The van der Waals surface area contributed by atoms with Gasteiger partial charge in [0.2, 0.25) is 5.91 Å². The van der Waals surface area contributed by atoms with E-state index in [2.05, 4.69) is 4.40 Å². The number of carbonyl (C=O) groups excluding carboxylic acids is 2. The molecule has 0 spiro atoms. The molecule has 9 nitrogen and oxygen atoms in total. The van der Waals surface area contributed by atoms with E-state index in [1.807, 2.05) is 0 Å². The number of sulfonamides is 1. The average molecular weight is 506 g/mol. The molecule has 1 saturated heterocycles. The van der Waals surface area contributed by atoms with Gasteiger partial charge in [0.1, 0.15) is 16.4 Å². The van der Waals surface area contributed by atoms with Crippen LogP contribution in [-0.2, 0) is 19.6 Å². The summed E-state index contributed by atoms with van der Waals surface area (Å²) in [5.41, 5.74) is 1.90. The van der Waals surface area contributed by atoms with Crippen molar-refractivity contribution in [2.75, 3.05) is 30.5 Å². The summed E-state index contributed by atoms with van der Waals surface area (Å²) in [5, 5.41) is 0. The minimum Gasteiger partial charge on any atom is -0.497 e. The Balaban J connectivity index is 1.25. The third kappa shape index (κ3) is 4.31. The number of hydrogen-bond acceptors (Lipinski definition) is 7. The fourth-order valence-corrected chi connectivity index (χ4v) is 5.50. The number of esters is 1. The molecule has 0 saturated carbocycles. The summed E-state index contributed by atoms with van der Waals surface area (Å²) < 4.78 is 39.3. The second-order valence-electron chi connectivity index (χ2n) is 8.46. The minimum atomic E-state index is -3.73. The molecule has 1 fully saturated rings. The van der Waals surface area contributed by atoms with Gasteiger partial charge >= 0.3 is 5.97 Å². The standard InChI is InChI=1S/C26H23N3O6S/c1-28(25-22-5-3-4-6-23(22)36(32,33)27-25)18-7-13-21(14-8-18)35-26(31)17-15-24(30)29(16-17)19-9-11-20(34-2)12-10-19/h3-14,17H,15-16H2,1-2H3. The lowest BCUT2D eigenvalue weighted by molar-refractivity contribution is -0.139. The van der Waals surface area contributed by atoms with E-state index in [1.165, 1.54) is 6.07 Å². The molecule has 0 aromatic heterocycles. The maximum absolute atomic E-state index is 12.8. The van der Waals surface area contributed by atoms with Crippen LogP contribution in [0.3, 0.4) is 0 Å². The number of carbonyl (C=O) groups is 2. The molecule has 0 N–H and O–H groups in total. The van der Waals surface area contributed by atoms with E-state index in [-0.39, 0.29) is 23.8 Å². The van der Waals surface area contributed by atoms with Crippen molar-refractivity contribution in [2.24, 2.45) is 10.3 Å². The van der Waals surface area contributed by atoms with Gasteiger partial charge in [0.15, 0.2) is 5.84 Å². The van der Waals surface area contributed by atoms with Crippen molar-refractivity contribution in [3.63, 3.8) is 0 Å². The summed E-state index contributed by atoms with van der Waals surface area (Å²) in [5.74, 6) is 0.109. The van der Waals surface area contributed by atoms with Gasteiger partial charge in [-0.25, -0.2) is 0 Å². The number of hydrogen-bond donors (Lipinski definition) is 0. The van der Waals surface area contributed by atoms with Crippen LogP contribution in [0.4, 0.5) is 11.4 Å². The Labute approximate surface area is 208 Å². The van der Waals surface area contributed by atoms with Crippen molar-refractivity contribution in [2.45, 2.75) is 11.3 Å². The van der Waals surface area contributed by atoms with E-state index in [0.717, 1.165) is 0 Å². The topological polar surface area (TPSA) is 106 Å². The quantitative estimate of drug-likeness (QED) is 0.387. The van der Waals surface area contributed by atoms with Crippen LogP contribution < -0.4 is 19.3 Å². The molecule has 5 rings (SSSR count). The molecule has 2 aliphatic rings. The molecular weight excluding hydrogens is 482 g/mol. The summed E-state index contributed by atoms with van der Waals surface area (Å²) in [6, 6.07) is 20.4. The molecule has 2 heterocycles. The molecule has 2 aliphatic heterocycles. The number of methoxy groups -OCH3 is 1. The highest BCUT2D eigenvalue weighted by Gasteiger charge is 2.36. The maximum atomic E-state index is 12.8. The lowest BCUT2D eigenvalue weighted by Gasteiger charge is -2.19. The zero-order valence-electron chi connectivity index (χ0n) is 19.6. The molecule has 36 heavy (non-hydrogen) atoms. The first-order valence-corrected chi connectivity index (χ1v) is 12.6. The Morgan fingerprint density at radius 2 is 1.67 bits per heavy atom. The first-order valence-electron chi connectivity index (χ1n) is 11.2. The molecule has 0 radical (unpaired) electrons. The van der Waals surface area contributed by atoms with Gasteiger partial charge in [-0.15, -0.1) is 4.40 Å². The van der Waals surface area contributed by atoms with Crippen LogP contribution in [0, 0.1) is 5.92 Å². The molecule has 1 atom stereocenters. The van der Waals surface area contributed by atoms with E-state index in [0.29, 0.717) is 34.3 Å². The van der Waals surface area contributed by atoms with Crippen LogP contribution in [0.1, 0.15) is 12.0 Å². The molecule has 0 aliphatic carbocycles. The minimum absolute atomic E-state index is 0.0688. The van der Waals surface area contributed by atoms with Gasteiger partial charge in [0.25, 0.3) is 10.0 Å². The first kappa shape index (κ1) is 23.6. The third-order valence-electron chi connectivity index (χ3n) is 6.22. The number of ether oxygens (including phenoxy) is 2. The van der Waals surface area contributed by atoms with Crippen molar-refractivity contribution in [3.8, 4) is 11.5 Å². The molecule has 1 amide bonds. The molecule has 184 valence electrons. The molecule has 1 unspecified atom stereocenters. The predicted octanol–water partition coefficient (Wildman–Crippen LogP) is 3.24. The SMILES string of the molecule is COc1ccc(N2CC(C(=O)Oc3ccc(N(C)C4=NS(=O)(=O)c5ccccc54)cc3)CC2=O)cc1. The highest BCUT2D eigenvalue weighted by molar-refractivity contribution is 7.90. The van der Waals surface area contributed by atoms with Crippen molar-refractivity contribution in [3.05, 3.63) is 78.4 Å². The van der Waals surface area contributed by atoms with Crippen LogP contribution in [0.25, 0.3) is 0 Å². The van der Waals surface area contributed by atoms with Crippen LogP contribution >= 0.6 is 0 Å². The Morgan fingerprint density at radius 3 is 2.36 bits per heavy atom. The number of nitrogens with zero attached hydrogens (tertiary/aromatic N) is 3. The number of benzene rings is 3. The van der Waals surface area contributed by atoms with Crippen molar-refractivity contribution < 1.29 is 27.5 Å². The second kappa shape index (κ2) is 9.12. The number of rotatable bonds is 5. The van der Waals surface area contributed by atoms with Gasteiger partial charge in [0, 0.05) is 37.0 Å². The average Bonchev–Trinajstić information content (AvgIpc) is 3.41. The highest BCUT2D eigenvalue weighted by atomic mass is 32.2. The van der Waals surface area contributed by atoms with E-state index in [4.69, 9.17) is 9.47 Å². The first-order chi connectivity index (χ1) is 17.3. The zero-order chi connectivity index (χ0) is 25.4. The van der Waals surface area contributed by atoms with E-state index in [9.17, 15) is 18.0 Å². The fraction of sp³-hybridized carbons (Fsp3) is 0.192. The van der Waals surface area contributed by atoms with Gasteiger partial charge in [0.05, 0.1) is 13.0 Å². The molecule has 3 aromatic rings. The molecular formula is C26H23N3O6S. The van der Waals surface area contributed by atoms with Crippen LogP contribution in [0.5, 0.6) is 11.5 Å². The predicted molar refractivity (Wildman–Crippen MR) is 134 cm³/mol. The fourth-order valence-electron chi connectivity index (χ4n) is 4.27. The number of fused-ring (bicyclic) bond motifs is 1. The van der Waals surface area contributed by atoms with Gasteiger partial charge in [-0.1, -0.05) is 12.1 Å². The monoisotopic (exact) mass is 505 g/mol. The van der Waals surface area contributed by atoms with Crippen molar-refractivity contribution in [1.82, 2.24) is 0 Å². The lowest BCUT2D eigenvalue weighted by Crippen LogP contribution is -2.27. The van der Waals surface area contributed by atoms with Gasteiger partial charge < -0.3 is 19.3 Å². The van der Waals surface area contributed by atoms with Crippen molar-refractivity contribution in [1.29, 1.82) is 0 Å². The molecule has 10 heteroatoms. The smallest absolute Gasteiger partial charge is 0.316 e. The highest BCUT2D eigenvalue weighted by Crippen LogP contribution is 2.31. The van der Waals surface area contributed by atoms with Gasteiger partial charge in [-0.3, -0.25) is 9.59 Å². The summed E-state index contributed by atoms with van der Waals surface area (Å²) in [6.45, 7) is 0.235. The Hall–Kier alpha value is -4.18. The largest absolute Gasteiger partial charge is 0.497 e. The normalized spacial score (nSPS) is 17.9. The van der Waals surface area contributed by atoms with Crippen LogP contribution in [0.15, 0.2) is 82.1 Å². The molecule has 3 aromatic carbocycles. The van der Waals surface area contributed by atoms with Crippen LogP contribution in [0.2, 0.25) is 0 Å². The Morgan fingerprint density at radius 1 is 1.00 bits per heavy atom. The van der Waals surface area contributed by atoms with E-state index in [1.54, 1.807) is 90.7 Å². The second-order valence-corrected chi connectivity index (χ2v) is 10.0. The van der Waals surface area contributed by atoms with E-state index < -0.39 is 21.9 Å². The Kier molecular flexibility index (Phi) is 5.97. The zero-order valence-corrected chi connectivity index (χ0v) is 20.4.